The minimum atomic E-state index is -0.226. The number of hydrogen-bond donors (Lipinski definition) is 2. The second-order valence-electron chi connectivity index (χ2n) is 4.72. The molecule has 2 N–H and O–H groups in total. The van der Waals surface area contributed by atoms with Gasteiger partial charge in [-0.3, -0.25) is 4.79 Å². The zero-order chi connectivity index (χ0) is 15.4. The van der Waals surface area contributed by atoms with Crippen LogP contribution >= 0.6 is 0 Å². The summed E-state index contributed by atoms with van der Waals surface area (Å²) < 4.78 is 5.22. The molecule has 108 valence electrons. The number of nitrogens with zero attached hydrogens (tertiary/aromatic N) is 2. The average molecular weight is 284 g/mol. The number of aryl methyl sites for hydroxylation is 3. The van der Waals surface area contributed by atoms with E-state index in [1.165, 1.54) is 5.56 Å². The Balaban J connectivity index is 1.96. The Labute approximate surface area is 122 Å². The predicted octanol–water partition coefficient (Wildman–Crippen LogP) is 2.52. The van der Waals surface area contributed by atoms with Crippen LogP contribution in [-0.4, -0.2) is 17.4 Å². The quantitative estimate of drug-likeness (QED) is 0.900. The highest BCUT2D eigenvalue weighted by Crippen LogP contribution is 2.16. The first-order chi connectivity index (χ1) is 9.99. The summed E-state index contributed by atoms with van der Waals surface area (Å²) in [6.45, 7) is 5.63. The molecule has 0 aliphatic rings. The van der Waals surface area contributed by atoms with Crippen molar-refractivity contribution < 1.29 is 9.21 Å². The summed E-state index contributed by atoms with van der Waals surface area (Å²) >= 11 is 0. The van der Waals surface area contributed by atoms with Crippen molar-refractivity contribution in [1.82, 2.24) is 4.98 Å². The summed E-state index contributed by atoms with van der Waals surface area (Å²) in [5.74, 6) is 0.366. The number of carbonyl (C=O) groups excluding carboxylic acids is 1. The van der Waals surface area contributed by atoms with E-state index in [0.717, 1.165) is 11.3 Å². The fourth-order valence-electron chi connectivity index (χ4n) is 1.81. The first-order valence-electron chi connectivity index (χ1n) is 6.48. The smallest absolute Gasteiger partial charge is 0.243 e. The molecule has 0 bridgehead atoms. The van der Waals surface area contributed by atoms with Crippen LogP contribution in [-0.2, 0) is 4.79 Å². The number of oxazole rings is 1. The van der Waals surface area contributed by atoms with Gasteiger partial charge in [-0.25, -0.2) is 4.98 Å². The first kappa shape index (κ1) is 14.6. The van der Waals surface area contributed by atoms with Gasteiger partial charge >= 0.3 is 0 Å². The van der Waals surface area contributed by atoms with Crippen LogP contribution in [0.4, 0.5) is 11.6 Å². The third-order valence-electron chi connectivity index (χ3n) is 3.04. The standard InChI is InChI=1S/C15H16N4O2/c1-9-4-5-12(6-10(9)2)19-14(20)8-17-15-13(7-16)18-11(3)21-15/h4-6,17H,8H2,1-3H3,(H,19,20). The number of carbonyl (C=O) groups is 1. The first-order valence-corrected chi connectivity index (χ1v) is 6.48. The molecule has 1 heterocycles. The second kappa shape index (κ2) is 6.09. The van der Waals surface area contributed by atoms with Gasteiger partial charge in [0.15, 0.2) is 5.89 Å². The molecule has 0 fully saturated rings. The number of anilines is 2. The maximum Gasteiger partial charge on any atom is 0.243 e. The number of amides is 1. The molecule has 6 nitrogen and oxygen atoms in total. The lowest BCUT2D eigenvalue weighted by Gasteiger charge is -2.08. The number of aromatic nitrogens is 1. The summed E-state index contributed by atoms with van der Waals surface area (Å²) in [5, 5.41) is 14.4. The summed E-state index contributed by atoms with van der Waals surface area (Å²) in [7, 11) is 0. The lowest BCUT2D eigenvalue weighted by Crippen LogP contribution is -2.21. The van der Waals surface area contributed by atoms with Gasteiger partial charge in [-0.15, -0.1) is 0 Å². The molecule has 2 aromatic rings. The van der Waals surface area contributed by atoms with Crippen LogP contribution < -0.4 is 10.6 Å². The molecule has 0 aliphatic carbocycles. The van der Waals surface area contributed by atoms with Crippen molar-refractivity contribution >= 4 is 17.5 Å². The van der Waals surface area contributed by atoms with Gasteiger partial charge in [0, 0.05) is 12.6 Å². The Bertz CT molecular complexity index is 713. The fraction of sp³-hybridized carbons (Fsp3) is 0.267. The number of benzene rings is 1. The summed E-state index contributed by atoms with van der Waals surface area (Å²) in [5.41, 5.74) is 3.16. The van der Waals surface area contributed by atoms with E-state index in [1.807, 2.05) is 38.1 Å². The Hall–Kier alpha value is -2.81. The fourth-order valence-corrected chi connectivity index (χ4v) is 1.81. The van der Waals surface area contributed by atoms with Crippen LogP contribution in [0.2, 0.25) is 0 Å². The van der Waals surface area contributed by atoms with Crippen molar-refractivity contribution in [1.29, 1.82) is 5.26 Å². The monoisotopic (exact) mass is 284 g/mol. The van der Waals surface area contributed by atoms with E-state index >= 15 is 0 Å². The van der Waals surface area contributed by atoms with Gasteiger partial charge in [0.2, 0.25) is 17.5 Å². The Kier molecular flexibility index (Phi) is 4.24. The molecule has 1 aromatic carbocycles. The van der Waals surface area contributed by atoms with Crippen molar-refractivity contribution in [2.45, 2.75) is 20.8 Å². The van der Waals surface area contributed by atoms with E-state index in [1.54, 1.807) is 6.92 Å². The highest BCUT2D eigenvalue weighted by Gasteiger charge is 2.11. The lowest BCUT2D eigenvalue weighted by molar-refractivity contribution is -0.114. The molecule has 0 atom stereocenters. The Morgan fingerprint density at radius 1 is 1.33 bits per heavy atom. The highest BCUT2D eigenvalue weighted by atomic mass is 16.4. The van der Waals surface area contributed by atoms with Crippen LogP contribution in [0.1, 0.15) is 22.7 Å². The number of nitriles is 1. The van der Waals surface area contributed by atoms with Crippen LogP contribution in [0.25, 0.3) is 0 Å². The van der Waals surface area contributed by atoms with E-state index in [2.05, 4.69) is 15.6 Å². The maximum absolute atomic E-state index is 11.9. The van der Waals surface area contributed by atoms with Gasteiger partial charge < -0.3 is 15.1 Å². The molecule has 0 unspecified atom stereocenters. The molecular formula is C15H16N4O2. The zero-order valence-corrected chi connectivity index (χ0v) is 12.2. The van der Waals surface area contributed by atoms with E-state index in [9.17, 15) is 4.79 Å². The molecule has 2 rings (SSSR count). The van der Waals surface area contributed by atoms with Gasteiger partial charge in [0.05, 0.1) is 6.54 Å². The molecule has 6 heteroatoms. The third-order valence-corrected chi connectivity index (χ3v) is 3.04. The largest absolute Gasteiger partial charge is 0.424 e. The van der Waals surface area contributed by atoms with Crippen molar-refractivity contribution in [3.8, 4) is 6.07 Å². The van der Waals surface area contributed by atoms with E-state index in [4.69, 9.17) is 9.68 Å². The van der Waals surface area contributed by atoms with Crippen LogP contribution in [0, 0.1) is 32.1 Å². The summed E-state index contributed by atoms with van der Waals surface area (Å²) in [6, 6.07) is 7.61. The van der Waals surface area contributed by atoms with E-state index in [-0.39, 0.29) is 24.0 Å². The maximum atomic E-state index is 11.9. The molecule has 0 spiro atoms. The van der Waals surface area contributed by atoms with Crippen molar-refractivity contribution in [2.24, 2.45) is 0 Å². The SMILES string of the molecule is Cc1nc(C#N)c(NCC(=O)Nc2ccc(C)c(C)c2)o1. The minimum Gasteiger partial charge on any atom is -0.424 e. The van der Waals surface area contributed by atoms with E-state index < -0.39 is 0 Å². The molecule has 0 saturated carbocycles. The van der Waals surface area contributed by atoms with E-state index in [0.29, 0.717) is 5.89 Å². The van der Waals surface area contributed by atoms with Gasteiger partial charge in [-0.05, 0) is 37.1 Å². The molecule has 0 aliphatic heterocycles. The number of rotatable bonds is 4. The summed E-state index contributed by atoms with van der Waals surface area (Å²) in [4.78, 5) is 15.8. The topological polar surface area (TPSA) is 91.0 Å². The number of nitrogens with one attached hydrogen (secondary N) is 2. The molecule has 1 aromatic heterocycles. The Morgan fingerprint density at radius 3 is 2.76 bits per heavy atom. The van der Waals surface area contributed by atoms with Gasteiger partial charge in [0.25, 0.3) is 0 Å². The lowest BCUT2D eigenvalue weighted by atomic mass is 10.1. The molecule has 0 radical (unpaired) electrons. The van der Waals surface area contributed by atoms with Crippen LogP contribution in [0.15, 0.2) is 22.6 Å². The molecular weight excluding hydrogens is 268 g/mol. The third kappa shape index (κ3) is 3.60. The van der Waals surface area contributed by atoms with Gasteiger partial charge in [-0.1, -0.05) is 6.07 Å². The number of hydrogen-bond acceptors (Lipinski definition) is 5. The molecule has 1 amide bonds. The molecule has 0 saturated heterocycles. The van der Waals surface area contributed by atoms with Crippen LogP contribution in [0.3, 0.4) is 0 Å². The molecule has 21 heavy (non-hydrogen) atoms. The normalized spacial score (nSPS) is 10.0. The Morgan fingerprint density at radius 2 is 2.10 bits per heavy atom. The predicted molar refractivity (Wildman–Crippen MR) is 79.0 cm³/mol. The second-order valence-corrected chi connectivity index (χ2v) is 4.72. The van der Waals surface area contributed by atoms with Crippen molar-refractivity contribution in [3.63, 3.8) is 0 Å². The zero-order valence-electron chi connectivity index (χ0n) is 12.2. The highest BCUT2D eigenvalue weighted by molar-refractivity contribution is 5.93. The van der Waals surface area contributed by atoms with Crippen molar-refractivity contribution in [3.05, 3.63) is 40.9 Å². The van der Waals surface area contributed by atoms with Gasteiger partial charge in [-0.2, -0.15) is 5.26 Å². The average Bonchev–Trinajstić information content (AvgIpc) is 2.81. The van der Waals surface area contributed by atoms with Crippen LogP contribution in [0.5, 0.6) is 0 Å². The minimum absolute atomic E-state index is 0.00373. The summed E-state index contributed by atoms with van der Waals surface area (Å²) in [6.07, 6.45) is 0. The van der Waals surface area contributed by atoms with Crippen molar-refractivity contribution in [2.75, 3.05) is 17.2 Å². The van der Waals surface area contributed by atoms with Gasteiger partial charge in [0.1, 0.15) is 6.07 Å².